The molecule has 2 fully saturated rings. The van der Waals surface area contributed by atoms with Crippen molar-refractivity contribution in [3.05, 3.63) is 24.4 Å². The molecule has 1 aromatic heterocycles. The van der Waals surface area contributed by atoms with Gasteiger partial charge in [0, 0.05) is 56.9 Å². The molecule has 164 valence electrons. The normalized spacial score (nSPS) is 21.2. The number of aromatic nitrogens is 2. The highest BCUT2D eigenvalue weighted by Gasteiger charge is 2.33. The second kappa shape index (κ2) is 8.22. The molecule has 0 radical (unpaired) electrons. The molecule has 0 saturated carbocycles. The Hall–Kier alpha value is -3.07. The lowest BCUT2D eigenvalue weighted by Crippen LogP contribution is -2.44. The van der Waals surface area contributed by atoms with E-state index in [-0.39, 0.29) is 11.9 Å². The zero-order valence-corrected chi connectivity index (χ0v) is 18.1. The van der Waals surface area contributed by atoms with Crippen LogP contribution in [-0.2, 0) is 4.79 Å². The zero-order valence-electron chi connectivity index (χ0n) is 18.1. The third-order valence-electron chi connectivity index (χ3n) is 6.41. The van der Waals surface area contributed by atoms with E-state index in [1.54, 1.807) is 13.3 Å². The van der Waals surface area contributed by atoms with Gasteiger partial charge in [0.25, 0.3) is 0 Å². The number of benzene rings is 1. The second-order valence-electron chi connectivity index (χ2n) is 8.47. The van der Waals surface area contributed by atoms with Gasteiger partial charge in [-0.2, -0.15) is 4.98 Å². The van der Waals surface area contributed by atoms with E-state index in [0.717, 1.165) is 68.5 Å². The number of carbonyl (C=O) groups excluding carboxylic acids is 1. The van der Waals surface area contributed by atoms with Gasteiger partial charge in [0.15, 0.2) is 5.82 Å². The van der Waals surface area contributed by atoms with Crippen LogP contribution in [0.1, 0.15) is 19.3 Å². The standard InChI is InChI=1S/C22H29N7O2/c1-27-8-10-28(11-9-27)15-5-6-17(19(12-15)31-2)25-22-23-14-18-21(26-22)29-7-3-4-16(29)13-20(30)24-18/h5-6,12,14,16H,3-4,7-11,13H2,1-2H3,(H,24,30)(H,23,25,26)/t16-/m0/s1. The number of likely N-dealkylation sites (N-methyl/N-ethyl adjacent to an activating group) is 1. The molecule has 2 aromatic rings. The first-order valence-corrected chi connectivity index (χ1v) is 10.9. The molecule has 31 heavy (non-hydrogen) atoms. The zero-order chi connectivity index (χ0) is 21.4. The van der Waals surface area contributed by atoms with E-state index in [9.17, 15) is 4.79 Å². The number of carbonyl (C=O) groups is 1. The molecule has 3 aliphatic heterocycles. The van der Waals surface area contributed by atoms with Crippen LogP contribution in [0.25, 0.3) is 0 Å². The van der Waals surface area contributed by atoms with Gasteiger partial charge in [0.2, 0.25) is 11.9 Å². The van der Waals surface area contributed by atoms with Crippen molar-refractivity contribution >= 4 is 34.7 Å². The van der Waals surface area contributed by atoms with Crippen LogP contribution in [0, 0.1) is 0 Å². The van der Waals surface area contributed by atoms with Crippen molar-refractivity contribution in [1.82, 2.24) is 14.9 Å². The molecule has 1 aromatic carbocycles. The Morgan fingerprint density at radius 1 is 1.19 bits per heavy atom. The third-order valence-corrected chi connectivity index (χ3v) is 6.41. The van der Waals surface area contributed by atoms with Gasteiger partial charge >= 0.3 is 0 Å². The molecule has 3 aliphatic rings. The van der Waals surface area contributed by atoms with Crippen molar-refractivity contribution in [3.8, 4) is 5.75 Å². The molecule has 1 amide bonds. The molecule has 9 heteroatoms. The number of nitrogens with one attached hydrogen (secondary N) is 2. The molecular formula is C22H29N7O2. The Kier molecular flexibility index (Phi) is 5.27. The first kappa shape index (κ1) is 19.9. The molecule has 0 aliphatic carbocycles. The SMILES string of the molecule is COc1cc(N2CCN(C)CC2)ccc1Nc1ncc2c(n1)N1CCC[C@H]1CC(=O)N2. The Morgan fingerprint density at radius 2 is 2.03 bits per heavy atom. The molecule has 5 rings (SSSR count). The lowest BCUT2D eigenvalue weighted by Gasteiger charge is -2.34. The first-order valence-electron chi connectivity index (χ1n) is 10.9. The van der Waals surface area contributed by atoms with Crippen LogP contribution in [0.4, 0.5) is 28.8 Å². The molecule has 0 spiro atoms. The predicted octanol–water partition coefficient (Wildman–Crippen LogP) is 2.29. The first-order chi connectivity index (χ1) is 15.1. The van der Waals surface area contributed by atoms with Gasteiger partial charge in [-0.05, 0) is 32.0 Å². The lowest BCUT2D eigenvalue weighted by atomic mass is 10.1. The van der Waals surface area contributed by atoms with Gasteiger partial charge in [-0.25, -0.2) is 4.98 Å². The minimum atomic E-state index is 0.0288. The fraction of sp³-hybridized carbons (Fsp3) is 0.500. The van der Waals surface area contributed by atoms with Gasteiger partial charge in [-0.1, -0.05) is 0 Å². The summed E-state index contributed by atoms with van der Waals surface area (Å²) in [6.07, 6.45) is 4.28. The van der Waals surface area contributed by atoms with Crippen LogP contribution in [0.2, 0.25) is 0 Å². The number of methoxy groups -OCH3 is 1. The number of rotatable bonds is 4. The minimum absolute atomic E-state index is 0.0288. The maximum atomic E-state index is 12.2. The number of hydrogen-bond donors (Lipinski definition) is 2. The van der Waals surface area contributed by atoms with E-state index in [2.05, 4.69) is 49.5 Å². The second-order valence-corrected chi connectivity index (χ2v) is 8.47. The number of ether oxygens (including phenoxy) is 1. The van der Waals surface area contributed by atoms with Crippen molar-refractivity contribution in [1.29, 1.82) is 0 Å². The monoisotopic (exact) mass is 423 g/mol. The Bertz CT molecular complexity index is 974. The molecular weight excluding hydrogens is 394 g/mol. The minimum Gasteiger partial charge on any atom is -0.494 e. The van der Waals surface area contributed by atoms with Gasteiger partial charge in [-0.15, -0.1) is 0 Å². The number of anilines is 5. The van der Waals surface area contributed by atoms with E-state index in [0.29, 0.717) is 18.1 Å². The van der Waals surface area contributed by atoms with Crippen molar-refractivity contribution in [2.24, 2.45) is 0 Å². The summed E-state index contributed by atoms with van der Waals surface area (Å²) >= 11 is 0. The molecule has 9 nitrogen and oxygen atoms in total. The maximum Gasteiger partial charge on any atom is 0.229 e. The van der Waals surface area contributed by atoms with Crippen molar-refractivity contribution in [2.45, 2.75) is 25.3 Å². The number of piperazine rings is 1. The molecule has 4 heterocycles. The fourth-order valence-corrected chi connectivity index (χ4v) is 4.65. The van der Waals surface area contributed by atoms with Crippen LogP contribution in [0.15, 0.2) is 24.4 Å². The Morgan fingerprint density at radius 3 is 2.84 bits per heavy atom. The van der Waals surface area contributed by atoms with Crippen LogP contribution >= 0.6 is 0 Å². The Balaban J connectivity index is 1.39. The summed E-state index contributed by atoms with van der Waals surface area (Å²) in [6, 6.07) is 6.40. The van der Waals surface area contributed by atoms with Crippen molar-refractivity contribution in [2.75, 3.05) is 67.3 Å². The predicted molar refractivity (Wildman–Crippen MR) is 122 cm³/mol. The average Bonchev–Trinajstić information content (AvgIpc) is 3.18. The van der Waals surface area contributed by atoms with E-state index in [1.807, 2.05) is 6.07 Å². The number of nitrogens with zero attached hydrogens (tertiary/aromatic N) is 5. The molecule has 2 N–H and O–H groups in total. The summed E-state index contributed by atoms with van der Waals surface area (Å²) in [4.78, 5) is 28.3. The van der Waals surface area contributed by atoms with Gasteiger partial charge in [-0.3, -0.25) is 4.79 Å². The van der Waals surface area contributed by atoms with Crippen LogP contribution in [0.3, 0.4) is 0 Å². The summed E-state index contributed by atoms with van der Waals surface area (Å²) in [5, 5.41) is 6.25. The van der Waals surface area contributed by atoms with E-state index < -0.39 is 0 Å². The van der Waals surface area contributed by atoms with Gasteiger partial charge < -0.3 is 30.1 Å². The largest absolute Gasteiger partial charge is 0.494 e. The molecule has 0 unspecified atom stereocenters. The summed E-state index contributed by atoms with van der Waals surface area (Å²) in [5.41, 5.74) is 2.65. The third kappa shape index (κ3) is 3.97. The number of hydrogen-bond acceptors (Lipinski definition) is 8. The van der Waals surface area contributed by atoms with Crippen LogP contribution in [0.5, 0.6) is 5.75 Å². The molecule has 2 saturated heterocycles. The van der Waals surface area contributed by atoms with Crippen LogP contribution < -0.4 is 25.2 Å². The smallest absolute Gasteiger partial charge is 0.229 e. The van der Waals surface area contributed by atoms with Crippen LogP contribution in [-0.4, -0.2) is 73.7 Å². The highest BCUT2D eigenvalue weighted by molar-refractivity contribution is 5.96. The quantitative estimate of drug-likeness (QED) is 0.775. The molecule has 0 bridgehead atoms. The summed E-state index contributed by atoms with van der Waals surface area (Å²) < 4.78 is 5.66. The fourth-order valence-electron chi connectivity index (χ4n) is 4.65. The molecule has 1 atom stereocenters. The van der Waals surface area contributed by atoms with Gasteiger partial charge in [0.05, 0.1) is 19.0 Å². The number of fused-ring (bicyclic) bond motifs is 3. The van der Waals surface area contributed by atoms with Crippen molar-refractivity contribution < 1.29 is 9.53 Å². The topological polar surface area (TPSA) is 85.9 Å². The van der Waals surface area contributed by atoms with Gasteiger partial charge in [0.1, 0.15) is 11.4 Å². The highest BCUT2D eigenvalue weighted by Crippen LogP contribution is 2.36. The highest BCUT2D eigenvalue weighted by atomic mass is 16.5. The van der Waals surface area contributed by atoms with E-state index >= 15 is 0 Å². The summed E-state index contributed by atoms with van der Waals surface area (Å²) in [6.45, 7) is 5.02. The maximum absolute atomic E-state index is 12.2. The summed E-state index contributed by atoms with van der Waals surface area (Å²) in [7, 11) is 3.83. The summed E-state index contributed by atoms with van der Waals surface area (Å²) in [5.74, 6) is 2.06. The average molecular weight is 424 g/mol. The number of amides is 1. The van der Waals surface area contributed by atoms with E-state index in [1.165, 1.54) is 0 Å². The van der Waals surface area contributed by atoms with E-state index in [4.69, 9.17) is 9.72 Å². The Labute approximate surface area is 182 Å². The lowest BCUT2D eigenvalue weighted by molar-refractivity contribution is -0.116. The van der Waals surface area contributed by atoms with Crippen molar-refractivity contribution in [3.63, 3.8) is 0 Å².